The summed E-state index contributed by atoms with van der Waals surface area (Å²) in [4.78, 5) is 32.3. The van der Waals surface area contributed by atoms with E-state index in [1.165, 1.54) is 25.3 Å². The minimum absolute atomic E-state index is 0.133. The number of carbonyl (C=O) groups is 2. The highest BCUT2D eigenvalue weighted by molar-refractivity contribution is 6.00. The predicted octanol–water partition coefficient (Wildman–Crippen LogP) is 4.32. The topological polar surface area (TPSA) is 93.3 Å². The number of halogens is 1. The first-order chi connectivity index (χ1) is 14.9. The molecule has 162 valence electrons. The van der Waals surface area contributed by atoms with Gasteiger partial charge in [-0.25, -0.2) is 14.2 Å². The van der Waals surface area contributed by atoms with Crippen molar-refractivity contribution in [3.05, 3.63) is 76.5 Å². The Balaban J connectivity index is 1.80. The number of methoxy groups -OCH3 is 1. The normalized spacial score (nSPS) is 10.6. The fraction of sp³-hybridized carbons (Fsp3) is 0.261. The minimum atomic E-state index is -0.478. The predicted molar refractivity (Wildman–Crippen MR) is 113 cm³/mol. The second kappa shape index (κ2) is 9.88. The van der Waals surface area contributed by atoms with Crippen molar-refractivity contribution in [2.45, 2.75) is 33.2 Å². The van der Waals surface area contributed by atoms with Gasteiger partial charge in [-0.1, -0.05) is 25.5 Å². The molecule has 0 aliphatic heterocycles. The van der Waals surface area contributed by atoms with Crippen LogP contribution in [0.5, 0.6) is 11.6 Å². The molecule has 2 heterocycles. The van der Waals surface area contributed by atoms with Crippen molar-refractivity contribution < 1.29 is 23.5 Å². The molecule has 31 heavy (non-hydrogen) atoms. The summed E-state index contributed by atoms with van der Waals surface area (Å²) in [5.41, 5.74) is 2.56. The zero-order valence-electron chi connectivity index (χ0n) is 17.6. The van der Waals surface area contributed by atoms with Crippen LogP contribution in [0.1, 0.15) is 51.0 Å². The summed E-state index contributed by atoms with van der Waals surface area (Å²) >= 11 is 0. The van der Waals surface area contributed by atoms with Crippen LogP contribution >= 0.6 is 0 Å². The van der Waals surface area contributed by atoms with Crippen molar-refractivity contribution in [1.29, 1.82) is 0 Å². The summed E-state index contributed by atoms with van der Waals surface area (Å²) in [6, 6.07) is 9.21. The molecule has 2 aromatic heterocycles. The molecule has 0 saturated heterocycles. The van der Waals surface area contributed by atoms with Crippen LogP contribution in [0.2, 0.25) is 0 Å². The Bertz CT molecular complexity index is 1090. The summed E-state index contributed by atoms with van der Waals surface area (Å²) < 4.78 is 24.0. The van der Waals surface area contributed by atoms with Crippen molar-refractivity contribution in [3.63, 3.8) is 0 Å². The zero-order valence-corrected chi connectivity index (χ0v) is 17.6. The summed E-state index contributed by atoms with van der Waals surface area (Å²) in [6.07, 6.45) is 2.87. The molecule has 0 fully saturated rings. The summed E-state index contributed by atoms with van der Waals surface area (Å²) in [5, 5.41) is 2.83. The number of amides is 1. The quantitative estimate of drug-likeness (QED) is 0.525. The van der Waals surface area contributed by atoms with Crippen LogP contribution in [-0.2, 0) is 17.7 Å². The van der Waals surface area contributed by atoms with Gasteiger partial charge in [0.15, 0.2) is 0 Å². The molecule has 8 heteroatoms. The van der Waals surface area contributed by atoms with Crippen molar-refractivity contribution in [1.82, 2.24) is 15.3 Å². The maximum atomic E-state index is 13.4. The van der Waals surface area contributed by atoms with Gasteiger partial charge >= 0.3 is 5.97 Å². The van der Waals surface area contributed by atoms with Crippen LogP contribution in [0.25, 0.3) is 0 Å². The van der Waals surface area contributed by atoms with Gasteiger partial charge in [0.1, 0.15) is 17.3 Å². The van der Waals surface area contributed by atoms with Crippen LogP contribution in [0.15, 0.2) is 42.6 Å². The van der Waals surface area contributed by atoms with E-state index in [9.17, 15) is 14.0 Å². The maximum absolute atomic E-state index is 13.4. The smallest absolute Gasteiger partial charge is 0.339 e. The molecule has 0 radical (unpaired) electrons. The van der Waals surface area contributed by atoms with Gasteiger partial charge < -0.3 is 19.8 Å². The maximum Gasteiger partial charge on any atom is 0.339 e. The third-order valence-corrected chi connectivity index (χ3v) is 4.71. The largest absolute Gasteiger partial charge is 0.465 e. The van der Waals surface area contributed by atoms with Crippen molar-refractivity contribution in [2.24, 2.45) is 0 Å². The molecule has 2 N–H and O–H groups in total. The number of nitrogens with one attached hydrogen (secondary N) is 2. The van der Waals surface area contributed by atoms with Crippen LogP contribution in [0, 0.1) is 12.7 Å². The van der Waals surface area contributed by atoms with E-state index in [0.29, 0.717) is 40.2 Å². The van der Waals surface area contributed by atoms with Gasteiger partial charge in [-0.2, -0.15) is 0 Å². The van der Waals surface area contributed by atoms with Gasteiger partial charge in [0.2, 0.25) is 5.88 Å². The van der Waals surface area contributed by atoms with Gasteiger partial charge in [-0.3, -0.25) is 4.79 Å². The molecule has 0 bridgehead atoms. The number of hydrogen-bond acceptors (Lipinski definition) is 5. The highest BCUT2D eigenvalue weighted by Gasteiger charge is 2.24. The molecule has 1 aromatic carbocycles. The van der Waals surface area contributed by atoms with Gasteiger partial charge in [-0.05, 0) is 37.1 Å². The van der Waals surface area contributed by atoms with Crippen molar-refractivity contribution in [3.8, 4) is 11.6 Å². The first-order valence-electron chi connectivity index (χ1n) is 9.89. The summed E-state index contributed by atoms with van der Waals surface area (Å²) in [6.45, 7) is 3.83. The van der Waals surface area contributed by atoms with Gasteiger partial charge in [0, 0.05) is 30.1 Å². The van der Waals surface area contributed by atoms with E-state index in [1.807, 2.05) is 6.92 Å². The first kappa shape index (κ1) is 22.0. The Kier molecular flexibility index (Phi) is 7.02. The summed E-state index contributed by atoms with van der Waals surface area (Å²) in [5.74, 6) is -0.689. The lowest BCUT2D eigenvalue weighted by atomic mass is 10.0. The molecule has 0 saturated carbocycles. The highest BCUT2D eigenvalue weighted by Crippen LogP contribution is 2.24. The van der Waals surface area contributed by atoms with E-state index < -0.39 is 11.8 Å². The lowest BCUT2D eigenvalue weighted by Crippen LogP contribution is -2.25. The van der Waals surface area contributed by atoms with E-state index in [1.54, 1.807) is 31.3 Å². The van der Waals surface area contributed by atoms with E-state index in [2.05, 4.69) is 15.3 Å². The van der Waals surface area contributed by atoms with Crippen molar-refractivity contribution in [2.75, 3.05) is 7.11 Å². The number of ether oxygens (including phenoxy) is 2. The number of hydrogen-bond donors (Lipinski definition) is 2. The van der Waals surface area contributed by atoms with E-state index in [4.69, 9.17) is 9.47 Å². The number of carbonyl (C=O) groups excluding carboxylic acids is 2. The standard InChI is InChI=1S/C23H24FN3O4/c1-4-7-18-19(23(29)30-3)14(2)27-20(18)21(28)26-13-15-8-6-11-25-22(15)31-17-10-5-9-16(24)12-17/h5-6,8-12,27H,4,7,13H2,1-3H3,(H,26,28). The number of nitrogens with zero attached hydrogens (tertiary/aromatic N) is 1. The Morgan fingerprint density at radius 1 is 1.23 bits per heavy atom. The number of aromatic nitrogens is 2. The molecule has 0 aliphatic carbocycles. The number of rotatable bonds is 8. The molecule has 0 aliphatic rings. The Hall–Kier alpha value is -3.68. The zero-order chi connectivity index (χ0) is 22.4. The third kappa shape index (κ3) is 5.09. The average Bonchev–Trinajstić information content (AvgIpc) is 3.08. The van der Waals surface area contributed by atoms with Crippen LogP contribution in [0.4, 0.5) is 4.39 Å². The molecular formula is C23H24FN3O4. The number of aryl methyl sites for hydroxylation is 1. The monoisotopic (exact) mass is 425 g/mol. The molecule has 0 atom stereocenters. The fourth-order valence-electron chi connectivity index (χ4n) is 3.31. The van der Waals surface area contributed by atoms with E-state index in [0.717, 1.165) is 6.42 Å². The second-order valence-corrected chi connectivity index (χ2v) is 6.93. The number of pyridine rings is 1. The molecule has 3 aromatic rings. The number of benzene rings is 1. The van der Waals surface area contributed by atoms with E-state index >= 15 is 0 Å². The molecular weight excluding hydrogens is 401 g/mol. The highest BCUT2D eigenvalue weighted by atomic mass is 19.1. The molecule has 7 nitrogen and oxygen atoms in total. The van der Waals surface area contributed by atoms with Gasteiger partial charge in [0.25, 0.3) is 5.91 Å². The molecule has 3 rings (SSSR count). The van der Waals surface area contributed by atoms with Crippen LogP contribution in [-0.4, -0.2) is 29.0 Å². The fourth-order valence-corrected chi connectivity index (χ4v) is 3.31. The second-order valence-electron chi connectivity index (χ2n) is 6.93. The Morgan fingerprint density at radius 3 is 2.74 bits per heavy atom. The average molecular weight is 425 g/mol. The minimum Gasteiger partial charge on any atom is -0.465 e. The SMILES string of the molecule is CCCc1c(C(=O)NCc2cccnc2Oc2cccc(F)c2)[nH]c(C)c1C(=O)OC. The third-order valence-electron chi connectivity index (χ3n) is 4.71. The molecule has 0 spiro atoms. The number of esters is 1. The van der Waals surface area contributed by atoms with E-state index in [-0.39, 0.29) is 18.3 Å². The first-order valence-corrected chi connectivity index (χ1v) is 9.89. The van der Waals surface area contributed by atoms with Gasteiger partial charge in [0.05, 0.1) is 12.7 Å². The Morgan fingerprint density at radius 2 is 2.03 bits per heavy atom. The summed E-state index contributed by atoms with van der Waals surface area (Å²) in [7, 11) is 1.31. The van der Waals surface area contributed by atoms with Crippen LogP contribution < -0.4 is 10.1 Å². The van der Waals surface area contributed by atoms with Crippen molar-refractivity contribution >= 4 is 11.9 Å². The number of aromatic amines is 1. The van der Waals surface area contributed by atoms with Gasteiger partial charge in [-0.15, -0.1) is 0 Å². The lowest BCUT2D eigenvalue weighted by Gasteiger charge is -2.11. The molecule has 1 amide bonds. The molecule has 0 unspecified atom stereocenters. The van der Waals surface area contributed by atoms with Crippen LogP contribution in [0.3, 0.4) is 0 Å². The Labute approximate surface area is 179 Å². The lowest BCUT2D eigenvalue weighted by molar-refractivity contribution is 0.0599. The number of H-pyrrole nitrogens is 1.